The van der Waals surface area contributed by atoms with Crippen LogP contribution in [-0.4, -0.2) is 52.8 Å². The van der Waals surface area contributed by atoms with E-state index in [4.69, 9.17) is 5.73 Å². The topological polar surface area (TPSA) is 79.5 Å². The Bertz CT molecular complexity index is 575. The van der Waals surface area contributed by atoms with Crippen LogP contribution in [0.5, 0.6) is 0 Å². The van der Waals surface area contributed by atoms with Crippen molar-refractivity contribution in [3.8, 4) is 0 Å². The molecule has 2 aliphatic rings. The summed E-state index contributed by atoms with van der Waals surface area (Å²) < 4.78 is 0. The molecule has 132 valence electrons. The molecule has 0 radical (unpaired) electrons. The van der Waals surface area contributed by atoms with Crippen LogP contribution in [0.3, 0.4) is 0 Å². The maximum Gasteiger partial charge on any atom is 0.273 e. The minimum Gasteiger partial charge on any atom is -0.339 e. The van der Waals surface area contributed by atoms with Gasteiger partial charge < -0.3 is 15.5 Å². The maximum atomic E-state index is 12.4. The van der Waals surface area contributed by atoms with Crippen molar-refractivity contribution in [3.63, 3.8) is 0 Å². The maximum absolute atomic E-state index is 12.4. The van der Waals surface area contributed by atoms with E-state index < -0.39 is 0 Å². The summed E-state index contributed by atoms with van der Waals surface area (Å²) >= 11 is 1.42. The highest BCUT2D eigenvalue weighted by Crippen LogP contribution is 2.28. The predicted octanol–water partition coefficient (Wildman–Crippen LogP) is 1.86. The standard InChI is InChI=1S/C17H26N4O2S/c18-11-15-19-14(12-24-15)17(23)21-9-7-20(8-10-21)16(22)6-5-13-3-1-2-4-13/h12-13H,1-11,18H2. The van der Waals surface area contributed by atoms with Crippen LogP contribution in [0.25, 0.3) is 0 Å². The van der Waals surface area contributed by atoms with Crippen molar-refractivity contribution in [2.45, 2.75) is 45.1 Å². The Morgan fingerprint density at radius 2 is 1.83 bits per heavy atom. The molecule has 24 heavy (non-hydrogen) atoms. The highest BCUT2D eigenvalue weighted by molar-refractivity contribution is 7.09. The highest BCUT2D eigenvalue weighted by atomic mass is 32.1. The first kappa shape index (κ1) is 17.4. The lowest BCUT2D eigenvalue weighted by Gasteiger charge is -2.34. The third-order valence-electron chi connectivity index (χ3n) is 5.11. The first-order valence-electron chi connectivity index (χ1n) is 8.89. The Morgan fingerprint density at radius 3 is 2.46 bits per heavy atom. The van der Waals surface area contributed by atoms with E-state index in [1.807, 2.05) is 4.90 Å². The van der Waals surface area contributed by atoms with Crippen molar-refractivity contribution in [2.24, 2.45) is 11.7 Å². The summed E-state index contributed by atoms with van der Waals surface area (Å²) in [5.41, 5.74) is 6.02. The second-order valence-corrected chi connectivity index (χ2v) is 7.64. The van der Waals surface area contributed by atoms with E-state index in [0.29, 0.717) is 44.8 Å². The molecule has 0 bridgehead atoms. The molecule has 1 saturated carbocycles. The highest BCUT2D eigenvalue weighted by Gasteiger charge is 2.26. The largest absolute Gasteiger partial charge is 0.339 e. The van der Waals surface area contributed by atoms with Crippen molar-refractivity contribution in [1.82, 2.24) is 14.8 Å². The number of amides is 2. The van der Waals surface area contributed by atoms with E-state index in [0.717, 1.165) is 17.3 Å². The number of carbonyl (C=O) groups is 2. The Kier molecular flexibility index (Phi) is 5.84. The van der Waals surface area contributed by atoms with E-state index in [9.17, 15) is 9.59 Å². The van der Waals surface area contributed by atoms with Crippen molar-refractivity contribution in [1.29, 1.82) is 0 Å². The zero-order valence-corrected chi connectivity index (χ0v) is 14.9. The molecule has 0 aromatic carbocycles. The Labute approximate surface area is 147 Å². The van der Waals surface area contributed by atoms with Gasteiger partial charge in [0.1, 0.15) is 10.7 Å². The lowest BCUT2D eigenvalue weighted by atomic mass is 10.0. The first-order valence-corrected chi connectivity index (χ1v) is 9.77. The summed E-state index contributed by atoms with van der Waals surface area (Å²) in [4.78, 5) is 32.7. The number of thiazole rings is 1. The first-order chi connectivity index (χ1) is 11.7. The normalized spacial score (nSPS) is 19.0. The van der Waals surface area contributed by atoms with Gasteiger partial charge in [0.2, 0.25) is 5.91 Å². The quantitative estimate of drug-likeness (QED) is 0.879. The van der Waals surface area contributed by atoms with E-state index in [1.54, 1.807) is 10.3 Å². The molecule has 7 heteroatoms. The van der Waals surface area contributed by atoms with Crippen LogP contribution in [-0.2, 0) is 11.3 Å². The van der Waals surface area contributed by atoms with Crippen LogP contribution in [0.1, 0.15) is 54.0 Å². The number of carbonyl (C=O) groups excluding carboxylic acids is 2. The van der Waals surface area contributed by atoms with Gasteiger partial charge in [-0.25, -0.2) is 4.98 Å². The van der Waals surface area contributed by atoms with Gasteiger partial charge in [0.25, 0.3) is 5.91 Å². The Balaban J connectivity index is 1.44. The molecule has 1 aliphatic heterocycles. The number of aromatic nitrogens is 1. The van der Waals surface area contributed by atoms with Gasteiger partial charge in [-0.15, -0.1) is 11.3 Å². The zero-order chi connectivity index (χ0) is 16.9. The van der Waals surface area contributed by atoms with Gasteiger partial charge in [0, 0.05) is 44.5 Å². The summed E-state index contributed by atoms with van der Waals surface area (Å²) in [6.07, 6.45) is 6.90. The number of piperazine rings is 1. The smallest absolute Gasteiger partial charge is 0.273 e. The van der Waals surface area contributed by atoms with Crippen LogP contribution >= 0.6 is 11.3 Å². The third kappa shape index (κ3) is 4.13. The zero-order valence-electron chi connectivity index (χ0n) is 14.1. The molecule has 2 heterocycles. The fourth-order valence-electron chi connectivity index (χ4n) is 3.61. The lowest BCUT2D eigenvalue weighted by molar-refractivity contribution is -0.133. The molecule has 0 atom stereocenters. The SMILES string of the molecule is NCc1nc(C(=O)N2CCN(C(=O)CCC3CCCC3)CC2)cs1. The van der Waals surface area contributed by atoms with Crippen LogP contribution in [0, 0.1) is 5.92 Å². The van der Waals surface area contributed by atoms with Gasteiger partial charge in [-0.1, -0.05) is 25.7 Å². The fourth-order valence-corrected chi connectivity index (χ4v) is 4.26. The third-order valence-corrected chi connectivity index (χ3v) is 5.98. The van der Waals surface area contributed by atoms with Crippen molar-refractivity contribution in [2.75, 3.05) is 26.2 Å². The number of hydrogen-bond donors (Lipinski definition) is 1. The van der Waals surface area contributed by atoms with E-state index in [2.05, 4.69) is 4.98 Å². The molecule has 6 nitrogen and oxygen atoms in total. The predicted molar refractivity (Wildman–Crippen MR) is 93.7 cm³/mol. The lowest BCUT2D eigenvalue weighted by Crippen LogP contribution is -2.50. The summed E-state index contributed by atoms with van der Waals surface area (Å²) in [6, 6.07) is 0. The Morgan fingerprint density at radius 1 is 1.17 bits per heavy atom. The molecule has 1 aliphatic carbocycles. The molecule has 1 saturated heterocycles. The number of nitrogens with two attached hydrogens (primary N) is 1. The molecule has 2 fully saturated rings. The minimum absolute atomic E-state index is 0.0518. The molecule has 0 spiro atoms. The van der Waals surface area contributed by atoms with Gasteiger partial charge in [-0.2, -0.15) is 0 Å². The molecule has 2 amide bonds. The van der Waals surface area contributed by atoms with Crippen molar-refractivity contribution >= 4 is 23.2 Å². The second-order valence-electron chi connectivity index (χ2n) is 6.69. The summed E-state index contributed by atoms with van der Waals surface area (Å²) in [5.74, 6) is 0.940. The molecular weight excluding hydrogens is 324 g/mol. The van der Waals surface area contributed by atoms with E-state index >= 15 is 0 Å². The van der Waals surface area contributed by atoms with Crippen LogP contribution in [0.2, 0.25) is 0 Å². The molecule has 1 aromatic rings. The Hall–Kier alpha value is -1.47. The molecule has 0 unspecified atom stereocenters. The molecule has 1 aromatic heterocycles. The summed E-state index contributed by atoms with van der Waals surface area (Å²) in [6.45, 7) is 2.79. The van der Waals surface area contributed by atoms with E-state index in [-0.39, 0.29) is 11.8 Å². The number of hydrogen-bond acceptors (Lipinski definition) is 5. The average molecular weight is 350 g/mol. The summed E-state index contributed by atoms with van der Waals surface area (Å²) in [5, 5.41) is 2.54. The van der Waals surface area contributed by atoms with Gasteiger partial charge >= 0.3 is 0 Å². The monoisotopic (exact) mass is 350 g/mol. The van der Waals surface area contributed by atoms with Gasteiger partial charge in [0.15, 0.2) is 0 Å². The molecule has 2 N–H and O–H groups in total. The molecular formula is C17H26N4O2S. The summed E-state index contributed by atoms with van der Waals surface area (Å²) in [7, 11) is 0. The molecule has 3 rings (SSSR count). The van der Waals surface area contributed by atoms with E-state index in [1.165, 1.54) is 37.0 Å². The van der Waals surface area contributed by atoms with Crippen LogP contribution < -0.4 is 5.73 Å². The number of rotatable bonds is 5. The second kappa shape index (κ2) is 8.07. The fraction of sp³-hybridized carbons (Fsp3) is 0.706. The van der Waals surface area contributed by atoms with Gasteiger partial charge in [0.05, 0.1) is 0 Å². The van der Waals surface area contributed by atoms with Crippen molar-refractivity contribution in [3.05, 3.63) is 16.1 Å². The number of nitrogens with zero attached hydrogens (tertiary/aromatic N) is 3. The van der Waals surface area contributed by atoms with Crippen LogP contribution in [0.15, 0.2) is 5.38 Å². The van der Waals surface area contributed by atoms with Crippen molar-refractivity contribution < 1.29 is 9.59 Å². The minimum atomic E-state index is -0.0518. The average Bonchev–Trinajstić information content (AvgIpc) is 3.30. The van der Waals surface area contributed by atoms with Gasteiger partial charge in [-0.05, 0) is 12.3 Å². The van der Waals surface area contributed by atoms with Crippen LogP contribution in [0.4, 0.5) is 0 Å². The van der Waals surface area contributed by atoms with Gasteiger partial charge in [-0.3, -0.25) is 9.59 Å².